The lowest BCUT2D eigenvalue weighted by atomic mass is 9.91. The van der Waals surface area contributed by atoms with E-state index in [0.717, 1.165) is 31.3 Å². The Morgan fingerprint density at radius 1 is 1.40 bits per heavy atom. The third kappa shape index (κ3) is 3.31. The maximum absolute atomic E-state index is 11.8. The van der Waals surface area contributed by atoms with E-state index in [1.54, 1.807) is 0 Å². The van der Waals surface area contributed by atoms with Crippen LogP contribution in [0.15, 0.2) is 22.8 Å². The number of Topliss-reactive ketones (excluding diaryl/α,β-unsaturated/α-hetero) is 1. The first kappa shape index (κ1) is 12.2. The number of allylic oxidation sites excluding steroid dienone is 3. The zero-order valence-corrected chi connectivity index (χ0v) is 9.81. The van der Waals surface area contributed by atoms with E-state index in [1.165, 1.54) is 11.1 Å². The second-order valence-corrected chi connectivity index (χ2v) is 4.23. The van der Waals surface area contributed by atoms with Gasteiger partial charge >= 0.3 is 0 Å². The molecule has 0 atom stereocenters. The van der Waals surface area contributed by atoms with Crippen molar-refractivity contribution in [2.45, 2.75) is 46.0 Å². The molecule has 0 fully saturated rings. The summed E-state index contributed by atoms with van der Waals surface area (Å²) in [6, 6.07) is 0. The second-order valence-electron chi connectivity index (χ2n) is 4.23. The summed E-state index contributed by atoms with van der Waals surface area (Å²) in [6.07, 6.45) is 6.86. The molecule has 84 valence electrons. The Balaban J connectivity index is 3.06. The van der Waals surface area contributed by atoms with Crippen molar-refractivity contribution in [1.29, 1.82) is 0 Å². The summed E-state index contributed by atoms with van der Waals surface area (Å²) in [6.45, 7) is 4.66. The first-order chi connectivity index (χ1) is 7.19. The van der Waals surface area contributed by atoms with E-state index >= 15 is 0 Å². The fraction of sp³-hybridized carbons (Fsp3) is 0.615. The summed E-state index contributed by atoms with van der Waals surface area (Å²) < 4.78 is 0. The van der Waals surface area contributed by atoms with Gasteiger partial charge < -0.3 is 5.73 Å². The lowest BCUT2D eigenvalue weighted by Gasteiger charge is -2.14. The van der Waals surface area contributed by atoms with Gasteiger partial charge in [0.1, 0.15) is 0 Å². The minimum Gasteiger partial charge on any atom is -0.326 e. The van der Waals surface area contributed by atoms with Crippen LogP contribution in [0.4, 0.5) is 0 Å². The molecule has 2 heteroatoms. The van der Waals surface area contributed by atoms with Crippen LogP contribution in [-0.2, 0) is 4.79 Å². The predicted octanol–water partition coefficient (Wildman–Crippen LogP) is 2.74. The molecule has 0 aromatic carbocycles. The quantitative estimate of drug-likeness (QED) is 0.773. The van der Waals surface area contributed by atoms with Crippen molar-refractivity contribution < 1.29 is 4.79 Å². The van der Waals surface area contributed by atoms with E-state index in [-0.39, 0.29) is 5.78 Å². The van der Waals surface area contributed by atoms with E-state index in [1.807, 2.05) is 0 Å². The molecule has 0 aliphatic heterocycles. The Morgan fingerprint density at radius 2 is 2.13 bits per heavy atom. The van der Waals surface area contributed by atoms with Crippen LogP contribution in [0.1, 0.15) is 46.0 Å². The lowest BCUT2D eigenvalue weighted by molar-refractivity contribution is -0.115. The number of carbonyl (C=O) groups excluding carboxylic acids is 1. The molecule has 0 unspecified atom stereocenters. The van der Waals surface area contributed by atoms with Gasteiger partial charge in [0.25, 0.3) is 0 Å². The predicted molar refractivity (Wildman–Crippen MR) is 63.6 cm³/mol. The molecule has 0 spiro atoms. The molecule has 0 bridgehead atoms. The van der Waals surface area contributed by atoms with Gasteiger partial charge in [0, 0.05) is 18.5 Å². The first-order valence-electron chi connectivity index (χ1n) is 5.81. The van der Waals surface area contributed by atoms with E-state index in [0.29, 0.717) is 13.0 Å². The largest absolute Gasteiger partial charge is 0.326 e. The summed E-state index contributed by atoms with van der Waals surface area (Å²) in [5.41, 5.74) is 9.07. The highest BCUT2D eigenvalue weighted by atomic mass is 16.1. The van der Waals surface area contributed by atoms with Crippen molar-refractivity contribution >= 4 is 5.78 Å². The van der Waals surface area contributed by atoms with Crippen molar-refractivity contribution in [2.75, 3.05) is 6.54 Å². The molecule has 0 radical (unpaired) electrons. The van der Waals surface area contributed by atoms with Crippen molar-refractivity contribution in [3.8, 4) is 0 Å². The maximum Gasteiger partial charge on any atom is 0.160 e. The van der Waals surface area contributed by atoms with Crippen LogP contribution in [0.5, 0.6) is 0 Å². The van der Waals surface area contributed by atoms with E-state index in [4.69, 9.17) is 5.73 Å². The van der Waals surface area contributed by atoms with Gasteiger partial charge in [-0.05, 0) is 31.8 Å². The Hall–Kier alpha value is -0.890. The van der Waals surface area contributed by atoms with Gasteiger partial charge in [-0.3, -0.25) is 4.79 Å². The molecule has 2 nitrogen and oxygen atoms in total. The van der Waals surface area contributed by atoms with Crippen molar-refractivity contribution in [2.24, 2.45) is 5.73 Å². The molecule has 1 aliphatic rings. The molecular weight excluding hydrogens is 186 g/mol. The molecule has 0 aromatic rings. The van der Waals surface area contributed by atoms with Crippen LogP contribution < -0.4 is 5.73 Å². The molecular formula is C13H21NO. The summed E-state index contributed by atoms with van der Waals surface area (Å²) >= 11 is 0. The molecule has 0 saturated carbocycles. The van der Waals surface area contributed by atoms with E-state index in [9.17, 15) is 4.79 Å². The van der Waals surface area contributed by atoms with Crippen LogP contribution in [0.3, 0.4) is 0 Å². The van der Waals surface area contributed by atoms with Gasteiger partial charge in [0.2, 0.25) is 0 Å². The van der Waals surface area contributed by atoms with Crippen molar-refractivity contribution in [3.63, 3.8) is 0 Å². The highest BCUT2D eigenvalue weighted by Crippen LogP contribution is 2.22. The summed E-state index contributed by atoms with van der Waals surface area (Å²) in [7, 11) is 0. The Morgan fingerprint density at radius 3 is 2.73 bits per heavy atom. The van der Waals surface area contributed by atoms with Crippen molar-refractivity contribution in [1.82, 2.24) is 0 Å². The molecule has 1 rings (SSSR count). The molecule has 0 heterocycles. The number of ketones is 1. The molecule has 0 amide bonds. The molecule has 0 aromatic heterocycles. The van der Waals surface area contributed by atoms with Crippen LogP contribution in [0, 0.1) is 0 Å². The third-order valence-corrected chi connectivity index (χ3v) is 2.84. The van der Waals surface area contributed by atoms with Crippen LogP contribution in [-0.4, -0.2) is 12.3 Å². The smallest absolute Gasteiger partial charge is 0.160 e. The van der Waals surface area contributed by atoms with Gasteiger partial charge in [-0.15, -0.1) is 0 Å². The van der Waals surface area contributed by atoms with Gasteiger partial charge in [-0.25, -0.2) is 0 Å². The van der Waals surface area contributed by atoms with Gasteiger partial charge in [-0.2, -0.15) is 0 Å². The molecule has 1 aliphatic carbocycles. The average molecular weight is 207 g/mol. The molecule has 2 N–H and O–H groups in total. The zero-order valence-electron chi connectivity index (χ0n) is 9.81. The number of rotatable bonds is 3. The normalized spacial score (nSPS) is 26.9. The number of hydrogen-bond acceptors (Lipinski definition) is 2. The minimum atomic E-state index is 0.254. The van der Waals surface area contributed by atoms with Gasteiger partial charge in [-0.1, -0.05) is 25.0 Å². The SMILES string of the molecule is CCCC1=C(\CN)C(=O)CCC/C(C)=C\1. The maximum atomic E-state index is 11.8. The highest BCUT2D eigenvalue weighted by molar-refractivity contribution is 5.97. The monoisotopic (exact) mass is 207 g/mol. The summed E-state index contributed by atoms with van der Waals surface area (Å²) in [5, 5.41) is 0. The summed E-state index contributed by atoms with van der Waals surface area (Å²) in [4.78, 5) is 11.8. The van der Waals surface area contributed by atoms with Crippen LogP contribution >= 0.6 is 0 Å². The van der Waals surface area contributed by atoms with E-state index in [2.05, 4.69) is 19.9 Å². The van der Waals surface area contributed by atoms with Gasteiger partial charge in [0.15, 0.2) is 5.78 Å². The average Bonchev–Trinajstić information content (AvgIpc) is 2.17. The van der Waals surface area contributed by atoms with Crippen molar-refractivity contribution in [3.05, 3.63) is 22.8 Å². The Bertz CT molecular complexity index is 300. The number of nitrogens with two attached hydrogens (primary N) is 1. The molecule has 15 heavy (non-hydrogen) atoms. The first-order valence-corrected chi connectivity index (χ1v) is 5.81. The standard InChI is InChI=1S/C13H21NO/c1-3-5-11-8-10(2)6-4-7-13(15)12(11)9-14/h8H,3-7,9,14H2,1-2H3/b10-8-,12-11-. The number of hydrogen-bond donors (Lipinski definition) is 1. The van der Waals surface area contributed by atoms with E-state index < -0.39 is 0 Å². The minimum absolute atomic E-state index is 0.254. The fourth-order valence-electron chi connectivity index (χ4n) is 2.05. The van der Waals surface area contributed by atoms with Gasteiger partial charge in [0.05, 0.1) is 0 Å². The Kier molecular flexibility index (Phi) is 4.76. The lowest BCUT2D eigenvalue weighted by Crippen LogP contribution is -2.16. The van der Waals surface area contributed by atoms with Crippen LogP contribution in [0.2, 0.25) is 0 Å². The zero-order chi connectivity index (χ0) is 11.3. The fourth-order valence-corrected chi connectivity index (χ4v) is 2.05. The molecule has 0 saturated heterocycles. The highest BCUT2D eigenvalue weighted by Gasteiger charge is 2.14. The Labute approximate surface area is 92.2 Å². The second kappa shape index (κ2) is 5.86. The third-order valence-electron chi connectivity index (χ3n) is 2.84. The number of carbonyl (C=O) groups is 1. The van der Waals surface area contributed by atoms with Crippen LogP contribution in [0.25, 0.3) is 0 Å². The topological polar surface area (TPSA) is 43.1 Å². The summed E-state index contributed by atoms with van der Waals surface area (Å²) in [5.74, 6) is 0.254.